The van der Waals surface area contributed by atoms with Crippen molar-refractivity contribution in [2.24, 2.45) is 0 Å². The number of rotatable bonds is 5. The summed E-state index contributed by atoms with van der Waals surface area (Å²) in [6, 6.07) is 6.41. The van der Waals surface area contributed by atoms with Crippen molar-refractivity contribution in [2.45, 2.75) is 6.92 Å². The van der Waals surface area contributed by atoms with Gasteiger partial charge in [0.05, 0.1) is 19.3 Å². The van der Waals surface area contributed by atoms with Crippen molar-refractivity contribution in [3.05, 3.63) is 36.2 Å². The maximum Gasteiger partial charge on any atom is 0.337 e. The van der Waals surface area contributed by atoms with Crippen LogP contribution >= 0.6 is 0 Å². The molecule has 0 aliphatic rings. The first kappa shape index (κ1) is 14.6. The number of anilines is 1. The van der Waals surface area contributed by atoms with E-state index in [0.29, 0.717) is 17.9 Å². The Morgan fingerprint density at radius 2 is 1.86 bits per heavy atom. The van der Waals surface area contributed by atoms with Crippen molar-refractivity contribution >= 4 is 11.7 Å². The summed E-state index contributed by atoms with van der Waals surface area (Å²) in [5.41, 5.74) is 6.51. The van der Waals surface area contributed by atoms with Gasteiger partial charge in [-0.3, -0.25) is 0 Å². The molecule has 0 radical (unpaired) electrons. The zero-order valence-corrected chi connectivity index (χ0v) is 11.7. The van der Waals surface area contributed by atoms with Gasteiger partial charge in [0, 0.05) is 0 Å². The van der Waals surface area contributed by atoms with E-state index < -0.39 is 5.97 Å². The Morgan fingerprint density at radius 3 is 2.48 bits per heavy atom. The molecule has 1 heterocycles. The second-order valence-corrected chi connectivity index (χ2v) is 3.95. The first-order chi connectivity index (χ1) is 10.2. The predicted molar refractivity (Wildman–Crippen MR) is 75.5 cm³/mol. The second-order valence-electron chi connectivity index (χ2n) is 3.95. The van der Waals surface area contributed by atoms with E-state index in [1.54, 1.807) is 24.3 Å². The van der Waals surface area contributed by atoms with E-state index in [1.807, 2.05) is 6.92 Å². The maximum atomic E-state index is 11.3. The number of hydrogen-bond donors (Lipinski definition) is 1. The molecule has 2 rings (SSSR count). The summed E-state index contributed by atoms with van der Waals surface area (Å²) in [5, 5.41) is 0. The van der Waals surface area contributed by atoms with Crippen molar-refractivity contribution in [2.75, 3.05) is 19.5 Å². The third-order valence-electron chi connectivity index (χ3n) is 2.58. The lowest BCUT2D eigenvalue weighted by atomic mass is 10.2. The van der Waals surface area contributed by atoms with Crippen LogP contribution in [0.4, 0.5) is 5.69 Å². The van der Waals surface area contributed by atoms with Gasteiger partial charge in [0.1, 0.15) is 12.1 Å². The fraction of sp³-hybridized carbons (Fsp3) is 0.214. The largest absolute Gasteiger partial charge is 0.476 e. The van der Waals surface area contributed by atoms with Crippen LogP contribution in [0, 0.1) is 0 Å². The number of nitrogens with two attached hydrogens (primary N) is 1. The molecule has 0 saturated heterocycles. The molecule has 2 aromatic rings. The van der Waals surface area contributed by atoms with Crippen molar-refractivity contribution in [1.29, 1.82) is 0 Å². The minimum atomic E-state index is -0.415. The number of carbonyl (C=O) groups is 1. The van der Waals surface area contributed by atoms with E-state index in [9.17, 15) is 4.79 Å². The monoisotopic (exact) mass is 289 g/mol. The van der Waals surface area contributed by atoms with Crippen LogP contribution in [-0.4, -0.2) is 29.7 Å². The number of aromatic nitrogens is 2. The van der Waals surface area contributed by atoms with Gasteiger partial charge in [-0.05, 0) is 31.2 Å². The number of nitrogen functional groups attached to an aromatic ring is 1. The third-order valence-corrected chi connectivity index (χ3v) is 2.58. The van der Waals surface area contributed by atoms with Crippen LogP contribution in [0.25, 0.3) is 0 Å². The van der Waals surface area contributed by atoms with Crippen molar-refractivity contribution < 1.29 is 19.0 Å². The summed E-state index contributed by atoms with van der Waals surface area (Å²) < 4.78 is 15.4. The Morgan fingerprint density at radius 1 is 1.19 bits per heavy atom. The van der Waals surface area contributed by atoms with E-state index in [4.69, 9.17) is 15.2 Å². The Balaban J connectivity index is 2.18. The third kappa shape index (κ3) is 3.38. The SMILES string of the molecule is CCOc1ncnc(Oc2ccc(C(=O)OC)cc2)c1N. The molecule has 0 atom stereocenters. The van der Waals surface area contributed by atoms with Crippen molar-refractivity contribution in [3.8, 4) is 17.5 Å². The van der Waals surface area contributed by atoms with Gasteiger partial charge in [0.15, 0.2) is 5.69 Å². The standard InChI is InChI=1S/C14H15N3O4/c1-3-20-12-11(15)13(17-8-16-12)21-10-6-4-9(5-7-10)14(18)19-2/h4-8H,3,15H2,1-2H3. The van der Waals surface area contributed by atoms with E-state index in [0.717, 1.165) is 0 Å². The minimum absolute atomic E-state index is 0.194. The number of esters is 1. The zero-order valence-electron chi connectivity index (χ0n) is 11.7. The van der Waals surface area contributed by atoms with Gasteiger partial charge in [-0.2, -0.15) is 9.97 Å². The molecule has 2 N–H and O–H groups in total. The van der Waals surface area contributed by atoms with E-state index >= 15 is 0 Å². The molecule has 21 heavy (non-hydrogen) atoms. The molecule has 0 spiro atoms. The molecule has 0 aliphatic heterocycles. The number of benzene rings is 1. The van der Waals surface area contributed by atoms with Gasteiger partial charge in [0.25, 0.3) is 0 Å². The molecule has 7 heteroatoms. The summed E-state index contributed by atoms with van der Waals surface area (Å²) in [7, 11) is 1.32. The highest BCUT2D eigenvalue weighted by Crippen LogP contribution is 2.30. The summed E-state index contributed by atoms with van der Waals surface area (Å²) in [5.74, 6) is 0.533. The van der Waals surface area contributed by atoms with Crippen LogP contribution < -0.4 is 15.2 Å². The van der Waals surface area contributed by atoms with Gasteiger partial charge in [-0.1, -0.05) is 0 Å². The number of ether oxygens (including phenoxy) is 3. The predicted octanol–water partition coefficient (Wildman–Crippen LogP) is 2.04. The van der Waals surface area contributed by atoms with Crippen LogP contribution in [0.2, 0.25) is 0 Å². The molecule has 0 saturated carbocycles. The first-order valence-electron chi connectivity index (χ1n) is 6.25. The van der Waals surface area contributed by atoms with Crippen molar-refractivity contribution in [1.82, 2.24) is 9.97 Å². The minimum Gasteiger partial charge on any atom is -0.476 e. The van der Waals surface area contributed by atoms with E-state index in [1.165, 1.54) is 13.4 Å². The molecule has 0 unspecified atom stereocenters. The average Bonchev–Trinajstić information content (AvgIpc) is 2.51. The van der Waals surface area contributed by atoms with Crippen LogP contribution in [0.5, 0.6) is 17.5 Å². The molecule has 110 valence electrons. The maximum absolute atomic E-state index is 11.3. The average molecular weight is 289 g/mol. The topological polar surface area (TPSA) is 96.6 Å². The quantitative estimate of drug-likeness (QED) is 0.841. The fourth-order valence-electron chi connectivity index (χ4n) is 1.59. The van der Waals surface area contributed by atoms with Gasteiger partial charge in [-0.15, -0.1) is 0 Å². The molecule has 0 aliphatic carbocycles. The highest BCUT2D eigenvalue weighted by atomic mass is 16.5. The second kappa shape index (κ2) is 6.56. The van der Waals surface area contributed by atoms with Crippen LogP contribution in [0.3, 0.4) is 0 Å². The number of hydrogen-bond acceptors (Lipinski definition) is 7. The molecule has 7 nitrogen and oxygen atoms in total. The molecular weight excluding hydrogens is 274 g/mol. The number of nitrogens with zero attached hydrogens (tertiary/aromatic N) is 2. The van der Waals surface area contributed by atoms with Gasteiger partial charge < -0.3 is 19.9 Å². The van der Waals surface area contributed by atoms with E-state index in [2.05, 4.69) is 14.7 Å². The molecular formula is C14H15N3O4. The summed E-state index contributed by atoms with van der Waals surface area (Å²) >= 11 is 0. The molecule has 0 bridgehead atoms. The number of methoxy groups -OCH3 is 1. The van der Waals surface area contributed by atoms with Crippen LogP contribution in [-0.2, 0) is 4.74 Å². The normalized spacial score (nSPS) is 10.0. The lowest BCUT2D eigenvalue weighted by molar-refractivity contribution is 0.0600. The van der Waals surface area contributed by atoms with Gasteiger partial charge in [0.2, 0.25) is 11.8 Å². The highest BCUT2D eigenvalue weighted by molar-refractivity contribution is 5.89. The van der Waals surface area contributed by atoms with E-state index in [-0.39, 0.29) is 17.4 Å². The zero-order chi connectivity index (χ0) is 15.2. The Kier molecular flexibility index (Phi) is 4.55. The summed E-state index contributed by atoms with van der Waals surface area (Å²) in [6.07, 6.45) is 1.31. The van der Waals surface area contributed by atoms with Crippen LogP contribution in [0.15, 0.2) is 30.6 Å². The summed E-state index contributed by atoms with van der Waals surface area (Å²) in [4.78, 5) is 19.2. The molecule has 1 aromatic heterocycles. The lowest BCUT2D eigenvalue weighted by Gasteiger charge is -2.10. The smallest absolute Gasteiger partial charge is 0.337 e. The highest BCUT2D eigenvalue weighted by Gasteiger charge is 2.12. The van der Waals surface area contributed by atoms with Crippen LogP contribution in [0.1, 0.15) is 17.3 Å². The molecule has 1 aromatic carbocycles. The fourth-order valence-corrected chi connectivity index (χ4v) is 1.59. The number of carbonyl (C=O) groups excluding carboxylic acids is 1. The van der Waals surface area contributed by atoms with Gasteiger partial charge >= 0.3 is 5.97 Å². The molecule has 0 amide bonds. The Bertz CT molecular complexity index is 629. The Hall–Kier alpha value is -2.83. The first-order valence-corrected chi connectivity index (χ1v) is 6.25. The Labute approximate surface area is 121 Å². The van der Waals surface area contributed by atoms with Crippen molar-refractivity contribution in [3.63, 3.8) is 0 Å². The molecule has 0 fully saturated rings. The van der Waals surface area contributed by atoms with Gasteiger partial charge in [-0.25, -0.2) is 4.79 Å². The summed E-state index contributed by atoms with van der Waals surface area (Å²) in [6.45, 7) is 2.27. The lowest BCUT2D eigenvalue weighted by Crippen LogP contribution is -2.03.